The van der Waals surface area contributed by atoms with Crippen molar-refractivity contribution in [3.8, 4) is 0 Å². The molecular formula is C13H18IN3. The Labute approximate surface area is 116 Å². The summed E-state index contributed by atoms with van der Waals surface area (Å²) < 4.78 is 3.21. The molecule has 0 unspecified atom stereocenters. The van der Waals surface area contributed by atoms with Crippen LogP contribution in [0.15, 0.2) is 18.6 Å². The Kier molecular flexibility index (Phi) is 2.96. The van der Waals surface area contributed by atoms with Gasteiger partial charge in [-0.1, -0.05) is 34.6 Å². The molecule has 2 aromatic heterocycles. The zero-order valence-electron chi connectivity index (χ0n) is 11.0. The van der Waals surface area contributed by atoms with Crippen LogP contribution in [-0.2, 0) is 5.41 Å². The summed E-state index contributed by atoms with van der Waals surface area (Å²) in [7, 11) is 0. The fourth-order valence-corrected chi connectivity index (χ4v) is 2.21. The van der Waals surface area contributed by atoms with Crippen LogP contribution in [0, 0.1) is 9.12 Å². The fraction of sp³-hybridized carbons (Fsp3) is 0.538. The van der Waals surface area contributed by atoms with E-state index in [9.17, 15) is 0 Å². The Hall–Kier alpha value is -0.650. The van der Waals surface area contributed by atoms with E-state index < -0.39 is 0 Å². The van der Waals surface area contributed by atoms with E-state index in [2.05, 4.69) is 71.6 Å². The number of halogens is 1. The maximum absolute atomic E-state index is 4.57. The molecule has 92 valence electrons. The highest BCUT2D eigenvalue weighted by atomic mass is 127. The zero-order chi connectivity index (χ0) is 12.8. The van der Waals surface area contributed by atoms with E-state index >= 15 is 0 Å². The van der Waals surface area contributed by atoms with Crippen LogP contribution in [-0.4, -0.2) is 14.4 Å². The molecule has 0 fully saturated rings. The Balaban J connectivity index is 2.72. The number of hydrogen-bond donors (Lipinski definition) is 0. The number of hydrogen-bond acceptors (Lipinski definition) is 2. The molecule has 0 aromatic carbocycles. The van der Waals surface area contributed by atoms with Gasteiger partial charge >= 0.3 is 0 Å². The van der Waals surface area contributed by atoms with Crippen molar-refractivity contribution in [2.24, 2.45) is 5.41 Å². The van der Waals surface area contributed by atoms with Crippen molar-refractivity contribution in [2.75, 3.05) is 0 Å². The van der Waals surface area contributed by atoms with Gasteiger partial charge in [0.2, 0.25) is 0 Å². The molecular weight excluding hydrogens is 325 g/mol. The predicted molar refractivity (Wildman–Crippen MR) is 78.2 cm³/mol. The molecule has 17 heavy (non-hydrogen) atoms. The van der Waals surface area contributed by atoms with E-state index in [4.69, 9.17) is 0 Å². The van der Waals surface area contributed by atoms with Gasteiger partial charge in [0.15, 0.2) is 5.65 Å². The van der Waals surface area contributed by atoms with Gasteiger partial charge in [0.05, 0.1) is 11.9 Å². The molecule has 2 aromatic rings. The maximum Gasteiger partial charge on any atom is 0.159 e. The molecule has 0 aliphatic heterocycles. The molecule has 0 amide bonds. The maximum atomic E-state index is 4.57. The van der Waals surface area contributed by atoms with Crippen molar-refractivity contribution >= 4 is 28.2 Å². The molecule has 4 heteroatoms. The first-order valence-corrected chi connectivity index (χ1v) is 6.81. The third-order valence-electron chi connectivity index (χ3n) is 3.85. The lowest BCUT2D eigenvalue weighted by molar-refractivity contribution is 0.221. The number of fused-ring (bicyclic) bond motifs is 1. The molecule has 0 radical (unpaired) electrons. The highest BCUT2D eigenvalue weighted by Gasteiger charge is 2.37. The number of imidazole rings is 1. The molecule has 2 rings (SSSR count). The Morgan fingerprint density at radius 3 is 2.35 bits per heavy atom. The van der Waals surface area contributed by atoms with Gasteiger partial charge in [-0.3, -0.25) is 9.38 Å². The van der Waals surface area contributed by atoms with Crippen molar-refractivity contribution in [3.63, 3.8) is 0 Å². The second-order valence-electron chi connectivity index (χ2n) is 5.93. The first-order chi connectivity index (χ1) is 7.75. The molecule has 3 nitrogen and oxygen atoms in total. The van der Waals surface area contributed by atoms with Crippen LogP contribution >= 0.6 is 22.6 Å². The lowest BCUT2D eigenvalue weighted by Gasteiger charge is -2.38. The zero-order valence-corrected chi connectivity index (χ0v) is 13.1. The van der Waals surface area contributed by atoms with E-state index in [1.165, 1.54) is 0 Å². The summed E-state index contributed by atoms with van der Waals surface area (Å²) in [5.74, 6) is 0. The average Bonchev–Trinajstić information content (AvgIpc) is 2.59. The van der Waals surface area contributed by atoms with Crippen LogP contribution < -0.4 is 0 Å². The predicted octanol–water partition coefficient (Wildman–Crippen LogP) is 3.66. The summed E-state index contributed by atoms with van der Waals surface area (Å²) in [6.45, 7) is 11.2. The van der Waals surface area contributed by atoms with Crippen LogP contribution in [0.25, 0.3) is 5.65 Å². The van der Waals surface area contributed by atoms with Crippen molar-refractivity contribution in [2.45, 2.75) is 40.0 Å². The Morgan fingerprint density at radius 1 is 1.12 bits per heavy atom. The number of aromatic nitrogens is 3. The molecule has 0 bridgehead atoms. The topological polar surface area (TPSA) is 30.2 Å². The smallest absolute Gasteiger partial charge is 0.159 e. The fourth-order valence-electron chi connectivity index (χ4n) is 1.69. The second kappa shape index (κ2) is 3.93. The van der Waals surface area contributed by atoms with Gasteiger partial charge in [0.1, 0.15) is 3.70 Å². The molecule has 0 aliphatic rings. The first kappa shape index (κ1) is 12.8. The van der Waals surface area contributed by atoms with Gasteiger partial charge in [-0.05, 0) is 28.0 Å². The van der Waals surface area contributed by atoms with Crippen molar-refractivity contribution in [3.05, 3.63) is 28.0 Å². The van der Waals surface area contributed by atoms with Gasteiger partial charge < -0.3 is 0 Å². The third kappa shape index (κ3) is 1.96. The highest BCUT2D eigenvalue weighted by Crippen LogP contribution is 2.41. The van der Waals surface area contributed by atoms with Gasteiger partial charge in [-0.2, -0.15) is 0 Å². The Bertz CT molecular complexity index is 549. The lowest BCUT2D eigenvalue weighted by atomic mass is 9.67. The van der Waals surface area contributed by atoms with Crippen molar-refractivity contribution in [1.82, 2.24) is 14.4 Å². The summed E-state index contributed by atoms with van der Waals surface area (Å²) in [6, 6.07) is 0. The SMILES string of the molecule is CC(C)(C)C(C)(C)c1nccn2c(I)cnc12. The molecule has 0 atom stereocenters. The molecule has 0 saturated carbocycles. The van der Waals surface area contributed by atoms with Crippen molar-refractivity contribution in [1.29, 1.82) is 0 Å². The second-order valence-corrected chi connectivity index (χ2v) is 7.03. The lowest BCUT2D eigenvalue weighted by Crippen LogP contribution is -2.35. The van der Waals surface area contributed by atoms with Gasteiger partial charge in [-0.15, -0.1) is 0 Å². The summed E-state index contributed by atoms with van der Waals surface area (Å²) in [5.41, 5.74) is 2.15. The van der Waals surface area contributed by atoms with E-state index in [-0.39, 0.29) is 10.8 Å². The van der Waals surface area contributed by atoms with E-state index in [1.807, 2.05) is 18.6 Å². The summed E-state index contributed by atoms with van der Waals surface area (Å²) in [6.07, 6.45) is 5.71. The third-order valence-corrected chi connectivity index (χ3v) is 4.65. The van der Waals surface area contributed by atoms with E-state index in [1.54, 1.807) is 0 Å². The van der Waals surface area contributed by atoms with Crippen molar-refractivity contribution < 1.29 is 0 Å². The monoisotopic (exact) mass is 343 g/mol. The molecule has 2 heterocycles. The standard InChI is InChI=1S/C13H18IN3/c1-12(2,3)13(4,5)10-11-16-8-9(14)17(11)7-6-15-10/h6-8H,1-5H3. The van der Waals surface area contributed by atoms with Crippen LogP contribution in [0.2, 0.25) is 0 Å². The summed E-state index contributed by atoms with van der Waals surface area (Å²) in [5, 5.41) is 0. The van der Waals surface area contributed by atoms with Crippen LogP contribution in [0.5, 0.6) is 0 Å². The van der Waals surface area contributed by atoms with Gasteiger partial charge in [-0.25, -0.2) is 4.98 Å². The molecule has 0 N–H and O–H groups in total. The van der Waals surface area contributed by atoms with E-state index in [0.29, 0.717) is 0 Å². The number of nitrogens with zero attached hydrogens (tertiary/aromatic N) is 3. The molecule has 0 spiro atoms. The number of rotatable bonds is 1. The molecule has 0 aliphatic carbocycles. The van der Waals surface area contributed by atoms with Gasteiger partial charge in [0, 0.05) is 17.8 Å². The normalized spacial score (nSPS) is 13.3. The van der Waals surface area contributed by atoms with Crippen LogP contribution in [0.3, 0.4) is 0 Å². The average molecular weight is 343 g/mol. The first-order valence-electron chi connectivity index (χ1n) is 5.73. The largest absolute Gasteiger partial charge is 0.292 e. The minimum absolute atomic E-state index is 0.0239. The van der Waals surface area contributed by atoms with Crippen LogP contribution in [0.4, 0.5) is 0 Å². The van der Waals surface area contributed by atoms with Gasteiger partial charge in [0.25, 0.3) is 0 Å². The minimum Gasteiger partial charge on any atom is -0.292 e. The van der Waals surface area contributed by atoms with Crippen LogP contribution in [0.1, 0.15) is 40.3 Å². The Morgan fingerprint density at radius 2 is 1.76 bits per heavy atom. The summed E-state index contributed by atoms with van der Waals surface area (Å²) >= 11 is 2.29. The quantitative estimate of drug-likeness (QED) is 0.740. The summed E-state index contributed by atoms with van der Waals surface area (Å²) in [4.78, 5) is 9.06. The van der Waals surface area contributed by atoms with E-state index in [0.717, 1.165) is 15.0 Å². The molecule has 0 saturated heterocycles. The highest BCUT2D eigenvalue weighted by molar-refractivity contribution is 14.1. The minimum atomic E-state index is -0.0239.